The van der Waals surface area contributed by atoms with Gasteiger partial charge in [-0.25, -0.2) is 8.42 Å². The summed E-state index contributed by atoms with van der Waals surface area (Å²) < 4.78 is 24.9. The van der Waals surface area contributed by atoms with E-state index in [4.69, 9.17) is 0 Å². The van der Waals surface area contributed by atoms with Gasteiger partial charge in [0.2, 0.25) is 9.84 Å². The molecule has 0 bridgehead atoms. The summed E-state index contributed by atoms with van der Waals surface area (Å²) >= 11 is 0. The maximum Gasteiger partial charge on any atom is 0.206 e. The fourth-order valence-corrected chi connectivity index (χ4v) is 4.12. The van der Waals surface area contributed by atoms with Gasteiger partial charge in [0.05, 0.1) is 9.80 Å². The molecule has 2 unspecified atom stereocenters. The molecule has 1 fully saturated rings. The van der Waals surface area contributed by atoms with E-state index in [1.807, 2.05) is 18.2 Å². The summed E-state index contributed by atoms with van der Waals surface area (Å²) in [6.45, 7) is 4.36. The van der Waals surface area contributed by atoms with Crippen molar-refractivity contribution in [1.82, 2.24) is 0 Å². The van der Waals surface area contributed by atoms with E-state index in [0.717, 1.165) is 0 Å². The SMILES string of the molecule is CC1(C)C2C=CC(S(=O)(=O)c3ccccc3)=CC21. The number of sulfone groups is 1. The van der Waals surface area contributed by atoms with Gasteiger partial charge in [-0.3, -0.25) is 0 Å². The monoisotopic (exact) mass is 260 g/mol. The maximum atomic E-state index is 12.4. The van der Waals surface area contributed by atoms with Gasteiger partial charge >= 0.3 is 0 Å². The third-order valence-electron chi connectivity index (χ3n) is 4.17. The second-order valence-electron chi connectivity index (χ2n) is 5.62. The van der Waals surface area contributed by atoms with Gasteiger partial charge in [-0.2, -0.15) is 0 Å². The molecule has 0 aromatic heterocycles. The molecule has 0 N–H and O–H groups in total. The van der Waals surface area contributed by atoms with E-state index in [0.29, 0.717) is 21.6 Å². The van der Waals surface area contributed by atoms with Crippen LogP contribution in [0.25, 0.3) is 0 Å². The van der Waals surface area contributed by atoms with E-state index in [2.05, 4.69) is 13.8 Å². The van der Waals surface area contributed by atoms with Gasteiger partial charge in [0, 0.05) is 0 Å². The molecule has 0 spiro atoms. The molecule has 0 radical (unpaired) electrons. The summed E-state index contributed by atoms with van der Waals surface area (Å²) in [6.07, 6.45) is 5.73. The summed E-state index contributed by atoms with van der Waals surface area (Å²) in [5.74, 6) is 0.878. The Hall–Kier alpha value is -1.35. The number of rotatable bonds is 2. The largest absolute Gasteiger partial charge is 0.219 e. The molecule has 2 aliphatic rings. The Morgan fingerprint density at radius 2 is 1.72 bits per heavy atom. The van der Waals surface area contributed by atoms with Crippen molar-refractivity contribution in [3.8, 4) is 0 Å². The van der Waals surface area contributed by atoms with Crippen LogP contribution >= 0.6 is 0 Å². The predicted octanol–water partition coefficient (Wildman–Crippen LogP) is 3.19. The number of hydrogen-bond acceptors (Lipinski definition) is 2. The number of fused-ring (bicyclic) bond motifs is 1. The van der Waals surface area contributed by atoms with E-state index in [1.54, 1.807) is 30.3 Å². The molecule has 0 saturated heterocycles. The van der Waals surface area contributed by atoms with Crippen molar-refractivity contribution in [1.29, 1.82) is 0 Å². The van der Waals surface area contributed by atoms with Crippen LogP contribution in [0.3, 0.4) is 0 Å². The van der Waals surface area contributed by atoms with Crippen molar-refractivity contribution in [2.24, 2.45) is 17.3 Å². The Labute approximate surface area is 108 Å². The normalized spacial score (nSPS) is 28.4. The standard InChI is InChI=1S/C15H16O2S/c1-15(2)13-9-8-12(10-14(13)15)18(16,17)11-6-4-3-5-7-11/h3-10,13-14H,1-2H3. The summed E-state index contributed by atoms with van der Waals surface area (Å²) in [6, 6.07) is 8.63. The molecule has 94 valence electrons. The molecule has 3 rings (SSSR count). The minimum Gasteiger partial charge on any atom is -0.219 e. The number of benzene rings is 1. The summed E-state index contributed by atoms with van der Waals surface area (Å²) in [4.78, 5) is 0.818. The Morgan fingerprint density at radius 3 is 2.33 bits per heavy atom. The minimum atomic E-state index is -3.34. The van der Waals surface area contributed by atoms with Gasteiger partial charge in [-0.15, -0.1) is 0 Å². The van der Waals surface area contributed by atoms with E-state index in [1.165, 1.54) is 0 Å². The van der Waals surface area contributed by atoms with Crippen molar-refractivity contribution < 1.29 is 8.42 Å². The number of allylic oxidation sites excluding steroid dienone is 3. The molecule has 0 amide bonds. The summed E-state index contributed by atoms with van der Waals surface area (Å²) in [5, 5.41) is 0. The van der Waals surface area contributed by atoms with E-state index in [9.17, 15) is 8.42 Å². The molecule has 1 saturated carbocycles. The molecule has 3 heteroatoms. The highest BCUT2D eigenvalue weighted by molar-refractivity contribution is 7.95. The number of hydrogen-bond donors (Lipinski definition) is 0. The van der Waals surface area contributed by atoms with Gasteiger partial charge in [-0.05, 0) is 35.5 Å². The highest BCUT2D eigenvalue weighted by Crippen LogP contribution is 2.61. The predicted molar refractivity (Wildman–Crippen MR) is 71.6 cm³/mol. The first-order chi connectivity index (χ1) is 8.44. The van der Waals surface area contributed by atoms with Crippen molar-refractivity contribution in [3.63, 3.8) is 0 Å². The van der Waals surface area contributed by atoms with Crippen LogP contribution in [0.2, 0.25) is 0 Å². The third kappa shape index (κ3) is 1.57. The van der Waals surface area contributed by atoms with Crippen LogP contribution in [0.15, 0.2) is 58.4 Å². The molecular weight excluding hydrogens is 244 g/mol. The van der Waals surface area contributed by atoms with Crippen molar-refractivity contribution in [2.45, 2.75) is 18.7 Å². The Balaban J connectivity index is 2.01. The smallest absolute Gasteiger partial charge is 0.206 e. The van der Waals surface area contributed by atoms with Crippen LogP contribution < -0.4 is 0 Å². The fraction of sp³-hybridized carbons (Fsp3) is 0.333. The molecule has 2 aliphatic carbocycles. The average Bonchev–Trinajstić information content (AvgIpc) is 2.93. The summed E-state index contributed by atoms with van der Waals surface area (Å²) in [7, 11) is -3.34. The maximum absolute atomic E-state index is 12.4. The van der Waals surface area contributed by atoms with E-state index < -0.39 is 9.84 Å². The van der Waals surface area contributed by atoms with Crippen LogP contribution in [0.1, 0.15) is 13.8 Å². The molecule has 0 aliphatic heterocycles. The highest BCUT2D eigenvalue weighted by Gasteiger charge is 2.56. The minimum absolute atomic E-state index is 0.213. The molecule has 1 aromatic rings. The van der Waals surface area contributed by atoms with Crippen molar-refractivity contribution >= 4 is 9.84 Å². The van der Waals surface area contributed by atoms with Crippen LogP contribution in [0.4, 0.5) is 0 Å². The molecule has 2 nitrogen and oxygen atoms in total. The Kier molecular flexibility index (Phi) is 2.33. The molecular formula is C15H16O2S. The van der Waals surface area contributed by atoms with Crippen molar-refractivity contribution in [3.05, 3.63) is 53.5 Å². The molecule has 2 atom stereocenters. The van der Waals surface area contributed by atoms with Gasteiger partial charge in [-0.1, -0.05) is 44.2 Å². The highest BCUT2D eigenvalue weighted by atomic mass is 32.2. The second kappa shape index (κ2) is 3.58. The zero-order valence-corrected chi connectivity index (χ0v) is 11.3. The Morgan fingerprint density at radius 1 is 1.06 bits per heavy atom. The lowest BCUT2D eigenvalue weighted by molar-refractivity contribution is 0.587. The van der Waals surface area contributed by atoms with Crippen molar-refractivity contribution in [2.75, 3.05) is 0 Å². The average molecular weight is 260 g/mol. The first-order valence-corrected chi connectivity index (χ1v) is 7.62. The van der Waals surface area contributed by atoms with E-state index >= 15 is 0 Å². The van der Waals surface area contributed by atoms with Crippen LogP contribution in [0, 0.1) is 17.3 Å². The third-order valence-corrected chi connectivity index (χ3v) is 5.96. The first-order valence-electron chi connectivity index (χ1n) is 6.14. The summed E-state index contributed by atoms with van der Waals surface area (Å²) in [5.41, 5.74) is 0.213. The molecule has 18 heavy (non-hydrogen) atoms. The lowest BCUT2D eigenvalue weighted by atomic mass is 10.1. The van der Waals surface area contributed by atoms with Gasteiger partial charge < -0.3 is 0 Å². The van der Waals surface area contributed by atoms with Crippen LogP contribution in [-0.2, 0) is 9.84 Å². The zero-order valence-electron chi connectivity index (χ0n) is 10.5. The molecule has 1 aromatic carbocycles. The molecule has 0 heterocycles. The van der Waals surface area contributed by atoms with E-state index in [-0.39, 0.29) is 5.41 Å². The Bertz CT molecular complexity index is 636. The lowest BCUT2D eigenvalue weighted by Gasteiger charge is -2.07. The van der Waals surface area contributed by atoms with Gasteiger partial charge in [0.15, 0.2) is 0 Å². The van der Waals surface area contributed by atoms with Crippen LogP contribution in [0.5, 0.6) is 0 Å². The fourth-order valence-electron chi connectivity index (χ4n) is 2.75. The lowest BCUT2D eigenvalue weighted by Crippen LogP contribution is -2.05. The van der Waals surface area contributed by atoms with Gasteiger partial charge in [0.1, 0.15) is 0 Å². The second-order valence-corrected chi connectivity index (χ2v) is 7.57. The van der Waals surface area contributed by atoms with Gasteiger partial charge in [0.25, 0.3) is 0 Å². The zero-order chi connectivity index (χ0) is 13.0. The quantitative estimate of drug-likeness (QED) is 0.818. The first kappa shape index (κ1) is 11.7. The topological polar surface area (TPSA) is 34.1 Å². The van der Waals surface area contributed by atoms with Crippen LogP contribution in [-0.4, -0.2) is 8.42 Å².